The van der Waals surface area contributed by atoms with Crippen LogP contribution in [0.2, 0.25) is 0 Å². The topological polar surface area (TPSA) is 485 Å². The van der Waals surface area contributed by atoms with Crippen LogP contribution in [0.5, 0.6) is 0 Å². The molecular formula is C60H98N4O25. The van der Waals surface area contributed by atoms with Gasteiger partial charge in [-0.15, -0.1) is 0 Å². The second-order valence-corrected chi connectivity index (χ2v) is 28.2. The van der Waals surface area contributed by atoms with E-state index in [1.807, 2.05) is 6.92 Å². The lowest BCUT2D eigenvalue weighted by molar-refractivity contribution is -0.387. The highest BCUT2D eigenvalue weighted by atomic mass is 16.8. The lowest BCUT2D eigenvalue weighted by Crippen LogP contribution is -2.69. The molecule has 4 saturated heterocycles. The van der Waals surface area contributed by atoms with Crippen molar-refractivity contribution in [2.75, 3.05) is 33.0 Å². The van der Waals surface area contributed by atoms with Crippen molar-refractivity contribution in [2.24, 2.45) is 78.4 Å². The van der Waals surface area contributed by atoms with Crippen LogP contribution in [0.25, 0.3) is 0 Å². The Morgan fingerprint density at radius 2 is 1.44 bits per heavy atom. The SMILES string of the molecule is CC(=O)OC(C)C(C)C(=O)OCC12C3CC(C)(C)[C@H](O[C@@H]1C[C@]1(C)C3=CCC3C4(C)CCC(O[C@@H]5O[C@H](C(=O)O)[C@@H](O[C@H]6O[C@H](CO)[C@@H](O)[C@H](O)[C@H]6O)[C@H](O)[C@H]5O[C@@H]5OC[C@@H](O)[C@H](O)[C@H]5O)[C@](C)(CO)C4CCC31C)C2O.NC(N)=NCCC[C@H](N)C(=O)O. The molecule has 18 N–H and O–H groups in total. The maximum absolute atomic E-state index is 13.6. The van der Waals surface area contributed by atoms with Crippen LogP contribution in [0.15, 0.2) is 16.6 Å². The highest BCUT2D eigenvalue weighted by Crippen LogP contribution is 2.77. The molecule has 29 nitrogen and oxygen atoms in total. The number of esters is 2. The molecule has 508 valence electrons. The Bertz CT molecular complexity index is 2600. The van der Waals surface area contributed by atoms with Gasteiger partial charge in [0.2, 0.25) is 0 Å². The summed E-state index contributed by atoms with van der Waals surface area (Å²) in [5, 5.41) is 129. The number of guanidine groups is 1. The Morgan fingerprint density at radius 3 is 2.06 bits per heavy atom. The molecule has 2 bridgehead atoms. The number of hydrogen-bond donors (Lipinski definition) is 15. The molecule has 0 radical (unpaired) electrons. The Kier molecular flexibility index (Phi) is 21.5. The number of carbonyl (C=O) groups is 4. The van der Waals surface area contributed by atoms with E-state index in [2.05, 4.69) is 45.7 Å². The first-order valence-electron chi connectivity index (χ1n) is 31.0. The summed E-state index contributed by atoms with van der Waals surface area (Å²) in [4.78, 5) is 52.3. The van der Waals surface area contributed by atoms with Gasteiger partial charge >= 0.3 is 23.9 Å². The molecular weight excluding hydrogens is 1180 g/mol. The van der Waals surface area contributed by atoms with Crippen LogP contribution in [0.3, 0.4) is 0 Å². The summed E-state index contributed by atoms with van der Waals surface area (Å²) in [6, 6.07) is -0.820. The quantitative estimate of drug-likeness (QED) is 0.0164. The van der Waals surface area contributed by atoms with Crippen LogP contribution in [0.4, 0.5) is 0 Å². The largest absolute Gasteiger partial charge is 0.480 e. The molecule has 4 heterocycles. The minimum atomic E-state index is -2.09. The second-order valence-electron chi connectivity index (χ2n) is 28.2. The number of carbonyl (C=O) groups excluding carboxylic acids is 2. The number of nitrogens with zero attached hydrogens (tertiary/aromatic N) is 1. The molecule has 8 fully saturated rings. The standard InChI is InChI=1S/C54H84O23.C6H14N4O2/c1-22(23(2)71-24(3)57)45(68)70-21-54-26-16-49(4,5)43(42(54)65)73-32(54)17-53(9)25(26)10-11-30-50(6)14-13-31(51(7,20-56)29(50)12-15-52(30,53)8)74-48-40(76-46-36(62)33(59)27(58)19-69-46)38(64)39(41(77-48)44(66)67)75-47-37(63)35(61)34(60)28(18-55)72-47;7-4(5(11)12)2-1-3-10-6(8)9/h10,22-23,26-43,46-48,55-56,58-65H,11-21H2,1-9H3,(H,66,67);4H,1-3,7H2,(H,11,12)(H4,8,9,10)/t22?,23?,26?,27-,28-,29?,30?,31?,32-,33+,34-,35+,36-,37-,38+,39+,40-,41+,42?,43-,46+,47-,48-,50?,51-,52?,53-,54?;4-/m10/s1. The van der Waals surface area contributed by atoms with Gasteiger partial charge in [-0.05, 0) is 111 Å². The molecule has 5 aliphatic carbocycles. The second kappa shape index (κ2) is 26.9. The lowest BCUT2D eigenvalue weighted by Gasteiger charge is -2.71. The third-order valence-corrected chi connectivity index (χ3v) is 22.6. The summed E-state index contributed by atoms with van der Waals surface area (Å²) >= 11 is 0. The van der Waals surface area contributed by atoms with E-state index < -0.39 is 193 Å². The smallest absolute Gasteiger partial charge is 0.335 e. The number of aliphatic hydroxyl groups is 10. The third-order valence-electron chi connectivity index (χ3n) is 22.6. The first-order valence-corrected chi connectivity index (χ1v) is 31.0. The number of ether oxygens (including phenoxy) is 9. The van der Waals surface area contributed by atoms with E-state index in [0.717, 1.165) is 0 Å². The number of allylic oxidation sites excluding steroid dienone is 2. The predicted molar refractivity (Wildman–Crippen MR) is 307 cm³/mol. The number of aliphatic hydroxyl groups excluding tert-OH is 10. The monoisotopic (exact) mass is 1270 g/mol. The molecule has 9 rings (SSSR count). The minimum absolute atomic E-state index is 0.0129. The summed E-state index contributed by atoms with van der Waals surface area (Å²) in [5.41, 5.74) is 12.9. The van der Waals surface area contributed by atoms with Crippen molar-refractivity contribution in [3.8, 4) is 0 Å². The maximum Gasteiger partial charge on any atom is 0.335 e. The fraction of sp³-hybridized carbons (Fsp3) is 0.883. The van der Waals surface area contributed by atoms with Crippen molar-refractivity contribution in [2.45, 2.75) is 243 Å². The average Bonchev–Trinajstić information content (AvgIpc) is 1.65. The van der Waals surface area contributed by atoms with E-state index in [1.165, 1.54) is 12.5 Å². The van der Waals surface area contributed by atoms with Gasteiger partial charge in [-0.3, -0.25) is 19.4 Å². The molecule has 10 unspecified atom stereocenters. The fourth-order valence-electron chi connectivity index (χ4n) is 17.2. The van der Waals surface area contributed by atoms with Crippen molar-refractivity contribution in [3.63, 3.8) is 0 Å². The number of fused-ring (bicyclic) bond motifs is 7. The van der Waals surface area contributed by atoms with Crippen molar-refractivity contribution in [1.82, 2.24) is 0 Å². The number of carboxylic acids is 2. The van der Waals surface area contributed by atoms with E-state index in [9.17, 15) is 75.3 Å². The highest BCUT2D eigenvalue weighted by molar-refractivity contribution is 5.76. The molecule has 9 aliphatic rings. The van der Waals surface area contributed by atoms with E-state index in [4.69, 9.17) is 64.9 Å². The van der Waals surface area contributed by atoms with E-state index in [-0.39, 0.29) is 42.3 Å². The molecule has 89 heavy (non-hydrogen) atoms. The first-order chi connectivity index (χ1) is 41.5. The van der Waals surface area contributed by atoms with E-state index in [1.54, 1.807) is 13.8 Å². The predicted octanol–water partition coefficient (Wildman–Crippen LogP) is -2.13. The zero-order valence-electron chi connectivity index (χ0n) is 52.2. The molecule has 0 spiro atoms. The van der Waals surface area contributed by atoms with Crippen molar-refractivity contribution in [1.29, 1.82) is 0 Å². The molecule has 0 amide bonds. The molecule has 0 aromatic carbocycles. The summed E-state index contributed by atoms with van der Waals surface area (Å²) < 4.78 is 54.3. The molecule has 0 aromatic rings. The van der Waals surface area contributed by atoms with E-state index >= 15 is 0 Å². The normalized spacial score (nSPS) is 46.3. The van der Waals surface area contributed by atoms with Gasteiger partial charge in [-0.2, -0.15) is 0 Å². The van der Waals surface area contributed by atoms with Gasteiger partial charge in [0.1, 0.15) is 79.8 Å². The fourth-order valence-corrected chi connectivity index (χ4v) is 17.2. The Morgan fingerprint density at radius 1 is 0.775 bits per heavy atom. The minimum Gasteiger partial charge on any atom is -0.480 e. The van der Waals surface area contributed by atoms with Crippen molar-refractivity contribution >= 4 is 29.8 Å². The number of aliphatic imine (C=N–C) groups is 1. The maximum atomic E-state index is 13.6. The van der Waals surface area contributed by atoms with Gasteiger partial charge in [0.25, 0.3) is 0 Å². The summed E-state index contributed by atoms with van der Waals surface area (Å²) in [6.07, 6.45) is -21.9. The first kappa shape index (κ1) is 71.0. The zero-order valence-corrected chi connectivity index (χ0v) is 52.2. The van der Waals surface area contributed by atoms with Crippen LogP contribution in [-0.2, 0) is 61.8 Å². The molecule has 29 heteroatoms. The number of rotatable bonds is 19. The van der Waals surface area contributed by atoms with Crippen molar-refractivity contribution in [3.05, 3.63) is 11.6 Å². The van der Waals surface area contributed by atoms with Crippen LogP contribution in [-0.4, -0.2) is 247 Å². The zero-order chi connectivity index (χ0) is 66.0. The molecule has 29 atom stereocenters. The van der Waals surface area contributed by atoms with Crippen molar-refractivity contribution < 1.29 is 123 Å². The summed E-state index contributed by atoms with van der Waals surface area (Å²) in [6.45, 7) is 16.3. The number of hydrogen-bond acceptors (Lipinski definition) is 25. The third kappa shape index (κ3) is 12.7. The number of nitrogens with two attached hydrogens (primary N) is 3. The van der Waals surface area contributed by atoms with E-state index in [0.29, 0.717) is 64.3 Å². The highest BCUT2D eigenvalue weighted by Gasteiger charge is 2.76. The van der Waals surface area contributed by atoms with Gasteiger partial charge in [-0.25, -0.2) is 4.79 Å². The molecule has 0 aromatic heterocycles. The Hall–Kier alpha value is -3.83. The lowest BCUT2D eigenvalue weighted by atomic mass is 9.33. The van der Waals surface area contributed by atoms with Crippen LogP contribution in [0, 0.1) is 56.2 Å². The molecule has 4 aliphatic heterocycles. The molecule has 4 saturated carbocycles. The van der Waals surface area contributed by atoms with Gasteiger partial charge in [0.05, 0.1) is 55.6 Å². The van der Waals surface area contributed by atoms with Crippen LogP contribution >= 0.6 is 0 Å². The van der Waals surface area contributed by atoms with Crippen LogP contribution in [0.1, 0.15) is 120 Å². The number of carboxylic acid groups (broad SMARTS) is 2. The number of aliphatic carboxylic acids is 2. The average molecular weight is 1280 g/mol. The Labute approximate surface area is 517 Å². The van der Waals surface area contributed by atoms with Gasteiger partial charge in [-0.1, -0.05) is 53.2 Å². The Balaban J connectivity index is 0.000000771. The van der Waals surface area contributed by atoms with Crippen LogP contribution < -0.4 is 17.2 Å². The van der Waals surface area contributed by atoms with Gasteiger partial charge < -0.3 is 121 Å². The summed E-state index contributed by atoms with van der Waals surface area (Å²) in [7, 11) is 0. The van der Waals surface area contributed by atoms with Gasteiger partial charge in [0, 0.05) is 18.9 Å². The van der Waals surface area contributed by atoms with Gasteiger partial charge in [0.15, 0.2) is 30.9 Å². The summed E-state index contributed by atoms with van der Waals surface area (Å²) in [5.74, 6) is -4.81.